The maximum atomic E-state index is 9.08. The van der Waals surface area contributed by atoms with E-state index in [1.807, 2.05) is 6.07 Å². The molecule has 1 aromatic rings. The van der Waals surface area contributed by atoms with Crippen molar-refractivity contribution in [3.8, 4) is 0 Å². The van der Waals surface area contributed by atoms with Crippen LogP contribution in [0, 0.1) is 0 Å². The second-order valence-corrected chi connectivity index (χ2v) is 3.66. The van der Waals surface area contributed by atoms with E-state index in [4.69, 9.17) is 10.8 Å². The molecule has 0 spiro atoms. The van der Waals surface area contributed by atoms with Gasteiger partial charge in [0.05, 0.1) is 12.3 Å². The van der Waals surface area contributed by atoms with Crippen molar-refractivity contribution in [1.29, 1.82) is 0 Å². The minimum Gasteiger partial charge on any atom is -0.392 e. The van der Waals surface area contributed by atoms with Crippen LogP contribution in [0.25, 0.3) is 0 Å². The second kappa shape index (κ2) is 3.94. The molecule has 0 aromatic carbocycles. The molecule has 1 aliphatic carbocycles. The van der Waals surface area contributed by atoms with Crippen LogP contribution in [-0.4, -0.2) is 16.1 Å². The van der Waals surface area contributed by atoms with Gasteiger partial charge in [-0.3, -0.25) is 0 Å². The van der Waals surface area contributed by atoms with Crippen LogP contribution in [0.1, 0.15) is 24.1 Å². The number of aliphatic hydroxyl groups is 1. The Morgan fingerprint density at radius 3 is 2.93 bits per heavy atom. The van der Waals surface area contributed by atoms with Gasteiger partial charge in [-0.25, -0.2) is 4.98 Å². The summed E-state index contributed by atoms with van der Waals surface area (Å²) in [5, 5.41) is 12.4. The van der Waals surface area contributed by atoms with Crippen LogP contribution < -0.4 is 11.1 Å². The summed E-state index contributed by atoms with van der Waals surface area (Å²) >= 11 is 0. The van der Waals surface area contributed by atoms with Crippen molar-refractivity contribution in [1.82, 2.24) is 10.3 Å². The summed E-state index contributed by atoms with van der Waals surface area (Å²) in [4.78, 5) is 4.20. The molecular weight excluding hydrogens is 178 g/mol. The Morgan fingerprint density at radius 1 is 1.50 bits per heavy atom. The Morgan fingerprint density at radius 2 is 2.29 bits per heavy atom. The fourth-order valence-electron chi connectivity index (χ4n) is 1.37. The largest absolute Gasteiger partial charge is 0.392 e. The standard InChI is InChI=1S/C10H15N3O/c11-10-4-1-7(6-14)9(13-10)5-12-8-2-3-8/h1,4,8,12,14H,2-3,5-6H2,(H2,11,13). The van der Waals surface area contributed by atoms with Gasteiger partial charge in [0.1, 0.15) is 5.82 Å². The van der Waals surface area contributed by atoms with Crippen molar-refractivity contribution in [3.05, 3.63) is 23.4 Å². The molecule has 0 amide bonds. The quantitative estimate of drug-likeness (QED) is 0.647. The molecule has 2 rings (SSSR count). The zero-order chi connectivity index (χ0) is 9.97. The van der Waals surface area contributed by atoms with Crippen LogP contribution in [0.4, 0.5) is 5.82 Å². The highest BCUT2D eigenvalue weighted by molar-refractivity contribution is 5.33. The number of aliphatic hydroxyl groups excluding tert-OH is 1. The van der Waals surface area contributed by atoms with E-state index in [2.05, 4.69) is 10.3 Å². The minimum atomic E-state index is 0.0228. The molecule has 1 saturated carbocycles. The van der Waals surface area contributed by atoms with E-state index in [1.165, 1.54) is 12.8 Å². The molecule has 4 heteroatoms. The van der Waals surface area contributed by atoms with Gasteiger partial charge in [-0.1, -0.05) is 6.07 Å². The number of nitrogens with one attached hydrogen (secondary N) is 1. The van der Waals surface area contributed by atoms with Gasteiger partial charge in [-0.05, 0) is 18.9 Å². The van der Waals surface area contributed by atoms with Crippen molar-refractivity contribution < 1.29 is 5.11 Å². The van der Waals surface area contributed by atoms with Gasteiger partial charge in [-0.2, -0.15) is 0 Å². The maximum absolute atomic E-state index is 9.08. The topological polar surface area (TPSA) is 71.2 Å². The first-order valence-corrected chi connectivity index (χ1v) is 4.88. The van der Waals surface area contributed by atoms with Gasteiger partial charge in [0.25, 0.3) is 0 Å². The third-order valence-electron chi connectivity index (χ3n) is 2.40. The lowest BCUT2D eigenvalue weighted by atomic mass is 10.2. The zero-order valence-corrected chi connectivity index (χ0v) is 8.03. The normalized spacial score (nSPS) is 15.8. The number of nitrogen functional groups attached to an aromatic ring is 1. The van der Waals surface area contributed by atoms with Crippen LogP contribution >= 0.6 is 0 Å². The number of hydrogen-bond acceptors (Lipinski definition) is 4. The number of nitrogens with two attached hydrogens (primary N) is 1. The van der Waals surface area contributed by atoms with Crippen LogP contribution in [0.5, 0.6) is 0 Å². The molecule has 0 unspecified atom stereocenters. The van der Waals surface area contributed by atoms with Crippen molar-refractivity contribution >= 4 is 5.82 Å². The average molecular weight is 193 g/mol. The second-order valence-electron chi connectivity index (χ2n) is 3.66. The Bertz CT molecular complexity index is 323. The fraction of sp³-hybridized carbons (Fsp3) is 0.500. The predicted octanol–water partition coefficient (Wildman–Crippen LogP) is 0.408. The Balaban J connectivity index is 2.07. The third-order valence-corrected chi connectivity index (χ3v) is 2.40. The molecule has 4 nitrogen and oxygen atoms in total. The molecule has 0 bridgehead atoms. The summed E-state index contributed by atoms with van der Waals surface area (Å²) in [6.45, 7) is 0.723. The molecule has 0 atom stereocenters. The van der Waals surface area contributed by atoms with E-state index in [0.717, 1.165) is 11.3 Å². The first-order chi connectivity index (χ1) is 6.79. The van der Waals surface area contributed by atoms with Gasteiger partial charge in [0.2, 0.25) is 0 Å². The maximum Gasteiger partial charge on any atom is 0.123 e. The van der Waals surface area contributed by atoms with Crippen LogP contribution in [0.15, 0.2) is 12.1 Å². The molecule has 0 saturated heterocycles. The summed E-state index contributed by atoms with van der Waals surface area (Å²) in [6.07, 6.45) is 2.49. The van der Waals surface area contributed by atoms with Crippen molar-refractivity contribution in [2.24, 2.45) is 0 Å². The number of pyridine rings is 1. The Labute approximate surface area is 83.2 Å². The zero-order valence-electron chi connectivity index (χ0n) is 8.03. The van der Waals surface area contributed by atoms with Crippen molar-refractivity contribution in [3.63, 3.8) is 0 Å². The fourth-order valence-corrected chi connectivity index (χ4v) is 1.37. The summed E-state index contributed by atoms with van der Waals surface area (Å²) < 4.78 is 0. The van der Waals surface area contributed by atoms with E-state index in [9.17, 15) is 0 Å². The number of aromatic nitrogens is 1. The van der Waals surface area contributed by atoms with Gasteiger partial charge >= 0.3 is 0 Å². The Kier molecular flexibility index (Phi) is 2.65. The number of rotatable bonds is 4. The van der Waals surface area contributed by atoms with Gasteiger partial charge in [0, 0.05) is 18.2 Å². The highest BCUT2D eigenvalue weighted by atomic mass is 16.3. The lowest BCUT2D eigenvalue weighted by molar-refractivity contribution is 0.279. The Hall–Kier alpha value is -1.13. The molecule has 1 heterocycles. The molecule has 76 valence electrons. The summed E-state index contributed by atoms with van der Waals surface area (Å²) in [5.74, 6) is 0.509. The first kappa shape index (κ1) is 9.43. The van der Waals surface area contributed by atoms with Crippen LogP contribution in [-0.2, 0) is 13.2 Å². The SMILES string of the molecule is Nc1ccc(CO)c(CNC2CC2)n1. The van der Waals surface area contributed by atoms with E-state index in [-0.39, 0.29) is 6.61 Å². The van der Waals surface area contributed by atoms with E-state index < -0.39 is 0 Å². The van der Waals surface area contributed by atoms with Gasteiger partial charge in [0.15, 0.2) is 0 Å². The lowest BCUT2D eigenvalue weighted by Gasteiger charge is -2.07. The van der Waals surface area contributed by atoms with E-state index in [0.29, 0.717) is 18.4 Å². The monoisotopic (exact) mass is 193 g/mol. The third kappa shape index (κ3) is 2.21. The molecule has 0 radical (unpaired) electrons. The molecule has 1 aliphatic rings. The lowest BCUT2D eigenvalue weighted by Crippen LogP contribution is -2.18. The minimum absolute atomic E-state index is 0.0228. The molecule has 1 aromatic heterocycles. The highest BCUT2D eigenvalue weighted by Gasteiger charge is 2.20. The molecule has 0 aliphatic heterocycles. The molecule has 4 N–H and O–H groups in total. The van der Waals surface area contributed by atoms with Gasteiger partial charge in [-0.15, -0.1) is 0 Å². The van der Waals surface area contributed by atoms with Crippen molar-refractivity contribution in [2.45, 2.75) is 32.0 Å². The van der Waals surface area contributed by atoms with Crippen LogP contribution in [0.2, 0.25) is 0 Å². The van der Waals surface area contributed by atoms with Crippen LogP contribution in [0.3, 0.4) is 0 Å². The van der Waals surface area contributed by atoms with E-state index >= 15 is 0 Å². The number of nitrogens with zero attached hydrogens (tertiary/aromatic N) is 1. The summed E-state index contributed by atoms with van der Waals surface area (Å²) in [7, 11) is 0. The van der Waals surface area contributed by atoms with Gasteiger partial charge < -0.3 is 16.2 Å². The van der Waals surface area contributed by atoms with Crippen molar-refractivity contribution in [2.75, 3.05) is 5.73 Å². The highest BCUT2D eigenvalue weighted by Crippen LogP contribution is 2.19. The molecule has 1 fully saturated rings. The smallest absolute Gasteiger partial charge is 0.123 e. The average Bonchev–Trinajstić information content (AvgIpc) is 2.98. The first-order valence-electron chi connectivity index (χ1n) is 4.88. The summed E-state index contributed by atoms with van der Waals surface area (Å²) in [6, 6.07) is 4.18. The predicted molar refractivity (Wildman–Crippen MR) is 54.4 cm³/mol. The number of anilines is 1. The number of hydrogen-bond donors (Lipinski definition) is 3. The van der Waals surface area contributed by atoms with E-state index in [1.54, 1.807) is 6.07 Å². The molecular formula is C10H15N3O. The summed E-state index contributed by atoms with van der Waals surface area (Å²) in [5.41, 5.74) is 7.30. The molecule has 14 heavy (non-hydrogen) atoms.